The van der Waals surface area contributed by atoms with Crippen molar-refractivity contribution >= 4 is 0 Å². The number of aliphatic hydroxyl groups excluding tert-OH is 1. The summed E-state index contributed by atoms with van der Waals surface area (Å²) < 4.78 is 0. The Morgan fingerprint density at radius 3 is 3.00 bits per heavy atom. The molecule has 0 aliphatic carbocycles. The van der Waals surface area contributed by atoms with Crippen molar-refractivity contribution in [3.05, 3.63) is 24.0 Å². The van der Waals surface area contributed by atoms with Gasteiger partial charge in [0.05, 0.1) is 5.69 Å². The summed E-state index contributed by atoms with van der Waals surface area (Å²) in [5.41, 5.74) is 0.664. The number of hydrogen-bond acceptors (Lipinski definition) is 1. The van der Waals surface area contributed by atoms with Gasteiger partial charge in [-0.25, -0.2) is 0 Å². The monoisotopic (exact) mass is 121 g/mol. The highest BCUT2D eigenvalue weighted by molar-refractivity contribution is 5.15. The summed E-state index contributed by atoms with van der Waals surface area (Å²) >= 11 is 0. The molecule has 1 aromatic heterocycles. The van der Waals surface area contributed by atoms with Crippen LogP contribution in [0.2, 0.25) is 0 Å². The lowest BCUT2D eigenvalue weighted by atomic mass is 10.3. The molecule has 0 saturated heterocycles. The fourth-order valence-electron chi connectivity index (χ4n) is 0.604. The summed E-state index contributed by atoms with van der Waals surface area (Å²) in [6.45, 7) is 0. The molecule has 0 aromatic carbocycles. The van der Waals surface area contributed by atoms with Crippen LogP contribution in [0.25, 0.3) is 0 Å². The van der Waals surface area contributed by atoms with E-state index in [1.165, 1.54) is 0 Å². The Hall–Kier alpha value is -1.20. The third-order valence-corrected chi connectivity index (χ3v) is 1.07. The van der Waals surface area contributed by atoms with Crippen LogP contribution >= 0.6 is 0 Å². The maximum absolute atomic E-state index is 8.95. The molecular formula is C7H7NO. The second-order valence-corrected chi connectivity index (χ2v) is 1.69. The van der Waals surface area contributed by atoms with Crippen LogP contribution in [0.4, 0.5) is 0 Å². The molecule has 1 atom stereocenters. The second kappa shape index (κ2) is 2.38. The third-order valence-electron chi connectivity index (χ3n) is 1.07. The molecule has 0 amide bonds. The van der Waals surface area contributed by atoms with E-state index in [0.29, 0.717) is 5.69 Å². The summed E-state index contributed by atoms with van der Waals surface area (Å²) in [6.07, 6.45) is 5.87. The second-order valence-electron chi connectivity index (χ2n) is 1.69. The molecule has 0 fully saturated rings. The van der Waals surface area contributed by atoms with E-state index in [1.54, 1.807) is 18.3 Å². The first-order chi connectivity index (χ1) is 4.34. The molecular weight excluding hydrogens is 114 g/mol. The minimum Gasteiger partial charge on any atom is -0.375 e. The third kappa shape index (κ3) is 1.13. The lowest BCUT2D eigenvalue weighted by molar-refractivity contribution is 0.234. The van der Waals surface area contributed by atoms with Gasteiger partial charge < -0.3 is 10.1 Å². The number of aromatic amines is 1. The first kappa shape index (κ1) is 5.93. The van der Waals surface area contributed by atoms with Crippen LogP contribution in [0.15, 0.2) is 18.3 Å². The fraction of sp³-hybridized carbons (Fsp3) is 0.143. The summed E-state index contributed by atoms with van der Waals surface area (Å²) in [7, 11) is 0. The van der Waals surface area contributed by atoms with Gasteiger partial charge in [-0.05, 0) is 12.1 Å². The van der Waals surface area contributed by atoms with Crippen molar-refractivity contribution < 1.29 is 5.11 Å². The predicted octanol–water partition coefficient (Wildman–Crippen LogP) is 0.681. The van der Waals surface area contributed by atoms with E-state index in [0.717, 1.165) is 0 Å². The largest absolute Gasteiger partial charge is 0.375 e. The fourth-order valence-corrected chi connectivity index (χ4v) is 0.604. The summed E-state index contributed by atoms with van der Waals surface area (Å²) in [5.74, 6) is 2.19. The molecule has 1 aromatic rings. The molecule has 0 radical (unpaired) electrons. The summed E-state index contributed by atoms with van der Waals surface area (Å²) in [5, 5.41) is 8.95. The van der Waals surface area contributed by atoms with Crippen molar-refractivity contribution in [1.29, 1.82) is 0 Å². The lowest BCUT2D eigenvalue weighted by Gasteiger charge is -1.96. The lowest BCUT2D eigenvalue weighted by Crippen LogP contribution is -1.91. The van der Waals surface area contributed by atoms with Crippen molar-refractivity contribution in [2.45, 2.75) is 6.10 Å². The Morgan fingerprint density at radius 2 is 2.56 bits per heavy atom. The molecule has 9 heavy (non-hydrogen) atoms. The maximum atomic E-state index is 8.95. The quantitative estimate of drug-likeness (QED) is 0.526. The molecule has 2 nitrogen and oxygen atoms in total. The van der Waals surface area contributed by atoms with Crippen molar-refractivity contribution in [2.24, 2.45) is 0 Å². The maximum Gasteiger partial charge on any atom is 0.154 e. The Bertz CT molecular complexity index is 207. The van der Waals surface area contributed by atoms with Gasteiger partial charge in [0.15, 0.2) is 6.10 Å². The van der Waals surface area contributed by atoms with Crippen molar-refractivity contribution in [3.63, 3.8) is 0 Å². The topological polar surface area (TPSA) is 36.0 Å². The normalized spacial score (nSPS) is 12.4. The molecule has 0 bridgehead atoms. The molecule has 0 aliphatic rings. The number of rotatable bonds is 1. The van der Waals surface area contributed by atoms with E-state index < -0.39 is 6.10 Å². The van der Waals surface area contributed by atoms with Crippen molar-refractivity contribution in [2.75, 3.05) is 0 Å². The highest BCUT2D eigenvalue weighted by Crippen LogP contribution is 2.06. The number of terminal acetylenes is 1. The van der Waals surface area contributed by atoms with Gasteiger partial charge in [-0.1, -0.05) is 5.92 Å². The van der Waals surface area contributed by atoms with Crippen molar-refractivity contribution in [1.82, 2.24) is 4.98 Å². The van der Waals surface area contributed by atoms with E-state index in [-0.39, 0.29) is 0 Å². The Kier molecular flexibility index (Phi) is 1.57. The number of aliphatic hydroxyl groups is 1. The first-order valence-corrected chi connectivity index (χ1v) is 2.62. The standard InChI is InChI=1S/C7H7NO/c1-2-7(9)6-4-3-5-8-6/h1,3-5,7-9H. The van der Waals surface area contributed by atoms with Crippen molar-refractivity contribution in [3.8, 4) is 12.3 Å². The zero-order chi connectivity index (χ0) is 6.69. The minimum absolute atomic E-state index is 0.664. The van der Waals surface area contributed by atoms with E-state index in [2.05, 4.69) is 10.9 Å². The Labute approximate surface area is 53.5 Å². The van der Waals surface area contributed by atoms with Gasteiger partial charge in [0.2, 0.25) is 0 Å². The molecule has 1 heterocycles. The Balaban J connectivity index is 2.80. The highest BCUT2D eigenvalue weighted by Gasteiger charge is 2.00. The molecule has 2 N–H and O–H groups in total. The molecule has 1 unspecified atom stereocenters. The molecule has 2 heteroatoms. The number of H-pyrrole nitrogens is 1. The highest BCUT2D eigenvalue weighted by atomic mass is 16.3. The van der Waals surface area contributed by atoms with Crippen LogP contribution in [0.5, 0.6) is 0 Å². The van der Waals surface area contributed by atoms with Crippen LogP contribution in [0.1, 0.15) is 11.8 Å². The van der Waals surface area contributed by atoms with Crippen LogP contribution in [0.3, 0.4) is 0 Å². The Morgan fingerprint density at radius 1 is 1.78 bits per heavy atom. The zero-order valence-corrected chi connectivity index (χ0v) is 4.83. The molecule has 0 saturated carbocycles. The van der Waals surface area contributed by atoms with Gasteiger partial charge in [-0.15, -0.1) is 6.42 Å². The van der Waals surface area contributed by atoms with E-state index in [9.17, 15) is 0 Å². The van der Waals surface area contributed by atoms with Gasteiger partial charge in [0, 0.05) is 6.20 Å². The average molecular weight is 121 g/mol. The van der Waals surface area contributed by atoms with Gasteiger partial charge in [-0.3, -0.25) is 0 Å². The zero-order valence-electron chi connectivity index (χ0n) is 4.83. The van der Waals surface area contributed by atoms with E-state index in [1.807, 2.05) is 0 Å². The summed E-state index contributed by atoms with van der Waals surface area (Å²) in [6, 6.07) is 3.53. The van der Waals surface area contributed by atoms with Crippen LogP contribution in [-0.4, -0.2) is 10.1 Å². The number of aromatic nitrogens is 1. The van der Waals surface area contributed by atoms with E-state index >= 15 is 0 Å². The summed E-state index contributed by atoms with van der Waals surface area (Å²) in [4.78, 5) is 2.80. The molecule has 1 rings (SSSR count). The van der Waals surface area contributed by atoms with Crippen LogP contribution in [-0.2, 0) is 0 Å². The molecule has 0 aliphatic heterocycles. The van der Waals surface area contributed by atoms with Crippen LogP contribution in [0, 0.1) is 12.3 Å². The van der Waals surface area contributed by atoms with E-state index in [4.69, 9.17) is 11.5 Å². The minimum atomic E-state index is -0.792. The predicted molar refractivity (Wildman–Crippen MR) is 34.6 cm³/mol. The first-order valence-electron chi connectivity index (χ1n) is 2.62. The van der Waals surface area contributed by atoms with Gasteiger partial charge in [0.1, 0.15) is 0 Å². The number of hydrogen-bond donors (Lipinski definition) is 2. The van der Waals surface area contributed by atoms with Crippen LogP contribution < -0.4 is 0 Å². The van der Waals surface area contributed by atoms with Gasteiger partial charge in [-0.2, -0.15) is 0 Å². The smallest absolute Gasteiger partial charge is 0.154 e. The number of nitrogens with one attached hydrogen (secondary N) is 1. The van der Waals surface area contributed by atoms with Gasteiger partial charge in [0.25, 0.3) is 0 Å². The average Bonchev–Trinajstić information content (AvgIpc) is 2.37. The SMILES string of the molecule is C#CC(O)c1ccc[nH]1. The van der Waals surface area contributed by atoms with Gasteiger partial charge >= 0.3 is 0 Å². The molecule has 0 spiro atoms. The molecule has 46 valence electrons.